The van der Waals surface area contributed by atoms with Gasteiger partial charge in [0.05, 0.1) is 19.0 Å². The fourth-order valence-electron chi connectivity index (χ4n) is 2.71. The summed E-state index contributed by atoms with van der Waals surface area (Å²) >= 11 is 0. The lowest BCUT2D eigenvalue weighted by molar-refractivity contribution is -0.136. The molecule has 3 amide bonds. The number of para-hydroxylation sites is 2. The van der Waals surface area contributed by atoms with Gasteiger partial charge in [0.25, 0.3) is 5.91 Å². The number of halogens is 1. The molecule has 3 rings (SSSR count). The number of nitrogens with one attached hydrogen (secondary N) is 3. The van der Waals surface area contributed by atoms with Gasteiger partial charge in [-0.25, -0.2) is 9.82 Å². The molecule has 3 N–H and O–H groups in total. The molecule has 0 heterocycles. The molecule has 0 aliphatic heterocycles. The molecule has 3 aromatic carbocycles. The second-order valence-corrected chi connectivity index (χ2v) is 6.77. The van der Waals surface area contributed by atoms with E-state index in [0.717, 1.165) is 0 Å². The lowest BCUT2D eigenvalue weighted by Gasteiger charge is -2.09. The van der Waals surface area contributed by atoms with Crippen molar-refractivity contribution in [3.05, 3.63) is 84.2 Å². The maximum atomic E-state index is 12.9. The Morgan fingerprint density at radius 1 is 0.941 bits per heavy atom. The molecule has 0 fully saturated rings. The zero-order valence-electron chi connectivity index (χ0n) is 18.1. The van der Waals surface area contributed by atoms with Crippen molar-refractivity contribution < 1.29 is 28.2 Å². The number of carbonyl (C=O) groups excluding carboxylic acids is 3. The molecule has 0 bridgehead atoms. The molecule has 10 heteroatoms. The second-order valence-electron chi connectivity index (χ2n) is 6.77. The summed E-state index contributed by atoms with van der Waals surface area (Å²) in [6, 6.07) is 18.6. The Kier molecular flexibility index (Phi) is 8.28. The fourth-order valence-corrected chi connectivity index (χ4v) is 2.71. The number of methoxy groups -OCH3 is 1. The van der Waals surface area contributed by atoms with E-state index in [0.29, 0.717) is 28.4 Å². The van der Waals surface area contributed by atoms with Crippen LogP contribution in [0.15, 0.2) is 77.9 Å². The van der Waals surface area contributed by atoms with Gasteiger partial charge in [-0.2, -0.15) is 5.10 Å². The predicted octanol–water partition coefficient (Wildman–Crippen LogP) is 2.94. The number of hydrazone groups is 1. The minimum absolute atomic E-state index is 0.266. The van der Waals surface area contributed by atoms with Gasteiger partial charge >= 0.3 is 11.8 Å². The van der Waals surface area contributed by atoms with Crippen molar-refractivity contribution in [3.8, 4) is 11.5 Å². The van der Waals surface area contributed by atoms with Crippen molar-refractivity contribution in [3.63, 3.8) is 0 Å². The summed E-state index contributed by atoms with van der Waals surface area (Å²) in [7, 11) is 1.45. The zero-order chi connectivity index (χ0) is 24.3. The minimum Gasteiger partial charge on any atom is -0.495 e. The Morgan fingerprint density at radius 3 is 2.47 bits per heavy atom. The zero-order valence-corrected chi connectivity index (χ0v) is 18.1. The van der Waals surface area contributed by atoms with Gasteiger partial charge in [0.15, 0.2) is 6.61 Å². The van der Waals surface area contributed by atoms with E-state index in [4.69, 9.17) is 9.47 Å². The van der Waals surface area contributed by atoms with Crippen LogP contribution in [0, 0.1) is 5.82 Å². The van der Waals surface area contributed by atoms with Crippen molar-refractivity contribution >= 4 is 35.3 Å². The number of hydrogen-bond acceptors (Lipinski definition) is 6. The Bertz CT molecular complexity index is 1200. The van der Waals surface area contributed by atoms with Crippen molar-refractivity contribution in [2.75, 3.05) is 24.4 Å². The molecule has 34 heavy (non-hydrogen) atoms. The highest BCUT2D eigenvalue weighted by atomic mass is 19.1. The lowest BCUT2D eigenvalue weighted by atomic mass is 10.2. The van der Waals surface area contributed by atoms with Crippen molar-refractivity contribution in [2.45, 2.75) is 0 Å². The van der Waals surface area contributed by atoms with E-state index in [9.17, 15) is 18.8 Å². The van der Waals surface area contributed by atoms with E-state index in [1.807, 2.05) is 0 Å². The Balaban J connectivity index is 1.48. The summed E-state index contributed by atoms with van der Waals surface area (Å²) in [5.41, 5.74) is 3.49. The number of amides is 3. The number of ether oxygens (including phenoxy) is 2. The van der Waals surface area contributed by atoms with Gasteiger partial charge in [-0.3, -0.25) is 14.4 Å². The molecule has 9 nitrogen and oxygen atoms in total. The van der Waals surface area contributed by atoms with Crippen LogP contribution < -0.4 is 25.5 Å². The maximum Gasteiger partial charge on any atom is 0.329 e. The van der Waals surface area contributed by atoms with Gasteiger partial charge in [0.2, 0.25) is 0 Å². The highest BCUT2D eigenvalue weighted by Crippen LogP contribution is 2.22. The quantitative estimate of drug-likeness (QED) is 0.269. The van der Waals surface area contributed by atoms with E-state index < -0.39 is 23.5 Å². The Labute approximate surface area is 194 Å². The second kappa shape index (κ2) is 11.8. The normalized spacial score (nSPS) is 10.4. The third-order valence-corrected chi connectivity index (χ3v) is 4.30. The number of carbonyl (C=O) groups is 3. The smallest absolute Gasteiger partial charge is 0.329 e. The largest absolute Gasteiger partial charge is 0.495 e. The monoisotopic (exact) mass is 464 g/mol. The first-order valence-corrected chi connectivity index (χ1v) is 10.0. The third kappa shape index (κ3) is 7.16. The number of anilines is 2. The highest BCUT2D eigenvalue weighted by Gasteiger charge is 2.14. The maximum absolute atomic E-state index is 12.9. The van der Waals surface area contributed by atoms with Gasteiger partial charge in [0.1, 0.15) is 17.3 Å². The Hall–Kier alpha value is -4.73. The van der Waals surface area contributed by atoms with Crippen molar-refractivity contribution in [1.82, 2.24) is 5.43 Å². The molecule has 3 aromatic rings. The standard InChI is InChI=1S/C24H21FN4O5/c1-33-21-8-3-2-7-20(21)28-23(31)24(32)29-26-14-16-5-4-6-19(13-16)34-15-22(30)27-18-11-9-17(25)10-12-18/h2-14H,15H2,1H3,(H,27,30)(H,28,31)(H,29,32)/b26-14-. The summed E-state index contributed by atoms with van der Waals surface area (Å²) < 4.78 is 23.5. The molecule has 0 aromatic heterocycles. The number of rotatable bonds is 8. The van der Waals surface area contributed by atoms with Crippen LogP contribution in [0.25, 0.3) is 0 Å². The molecule has 174 valence electrons. The first kappa shape index (κ1) is 23.9. The van der Waals surface area contributed by atoms with E-state index in [2.05, 4.69) is 21.2 Å². The van der Waals surface area contributed by atoms with E-state index in [1.54, 1.807) is 48.5 Å². The van der Waals surface area contributed by atoms with E-state index in [-0.39, 0.29) is 6.61 Å². The van der Waals surface area contributed by atoms with Gasteiger partial charge in [-0.1, -0.05) is 24.3 Å². The molecule has 0 unspecified atom stereocenters. The van der Waals surface area contributed by atoms with Crippen LogP contribution in [0.4, 0.5) is 15.8 Å². The van der Waals surface area contributed by atoms with Gasteiger partial charge in [0, 0.05) is 5.69 Å². The third-order valence-electron chi connectivity index (χ3n) is 4.30. The van der Waals surface area contributed by atoms with Crippen LogP contribution in [0.5, 0.6) is 11.5 Å². The topological polar surface area (TPSA) is 118 Å². The summed E-state index contributed by atoms with van der Waals surface area (Å²) in [6.45, 7) is -0.266. The molecule has 0 spiro atoms. The van der Waals surface area contributed by atoms with E-state index >= 15 is 0 Å². The molecular weight excluding hydrogens is 443 g/mol. The number of hydrogen-bond donors (Lipinski definition) is 3. The Morgan fingerprint density at radius 2 is 1.71 bits per heavy atom. The average Bonchev–Trinajstić information content (AvgIpc) is 2.84. The van der Waals surface area contributed by atoms with Gasteiger partial charge in [-0.05, 0) is 54.1 Å². The van der Waals surface area contributed by atoms with Crippen LogP contribution >= 0.6 is 0 Å². The van der Waals surface area contributed by atoms with Crippen molar-refractivity contribution in [2.24, 2.45) is 5.10 Å². The molecule has 0 aliphatic carbocycles. The van der Waals surface area contributed by atoms with Gasteiger partial charge in [-0.15, -0.1) is 0 Å². The molecule has 0 saturated carbocycles. The first-order valence-electron chi connectivity index (χ1n) is 10.0. The minimum atomic E-state index is -0.966. The van der Waals surface area contributed by atoms with Crippen LogP contribution in [-0.4, -0.2) is 37.7 Å². The summed E-state index contributed by atoms with van der Waals surface area (Å²) in [5.74, 6) is -1.90. The van der Waals surface area contributed by atoms with Crippen LogP contribution in [-0.2, 0) is 14.4 Å². The summed E-state index contributed by atoms with van der Waals surface area (Å²) in [5, 5.41) is 8.79. The van der Waals surface area contributed by atoms with Crippen LogP contribution in [0.3, 0.4) is 0 Å². The van der Waals surface area contributed by atoms with E-state index in [1.165, 1.54) is 37.6 Å². The average molecular weight is 464 g/mol. The molecule has 0 aliphatic rings. The fraction of sp³-hybridized carbons (Fsp3) is 0.0833. The lowest BCUT2D eigenvalue weighted by Crippen LogP contribution is -2.32. The highest BCUT2D eigenvalue weighted by molar-refractivity contribution is 6.39. The first-order chi connectivity index (χ1) is 16.4. The van der Waals surface area contributed by atoms with Crippen LogP contribution in [0.2, 0.25) is 0 Å². The van der Waals surface area contributed by atoms with Crippen LogP contribution in [0.1, 0.15) is 5.56 Å². The number of nitrogens with zero attached hydrogens (tertiary/aromatic N) is 1. The van der Waals surface area contributed by atoms with Crippen molar-refractivity contribution in [1.29, 1.82) is 0 Å². The number of benzene rings is 3. The SMILES string of the molecule is COc1ccccc1NC(=O)C(=O)N/N=C\c1cccc(OCC(=O)Nc2ccc(F)cc2)c1. The molecule has 0 atom stereocenters. The molecular formula is C24H21FN4O5. The van der Waals surface area contributed by atoms with Gasteiger partial charge < -0.3 is 20.1 Å². The summed E-state index contributed by atoms with van der Waals surface area (Å²) in [4.78, 5) is 36.0. The predicted molar refractivity (Wildman–Crippen MR) is 124 cm³/mol. The molecule has 0 radical (unpaired) electrons. The summed E-state index contributed by atoms with van der Waals surface area (Å²) in [6.07, 6.45) is 1.32. The molecule has 0 saturated heterocycles.